The van der Waals surface area contributed by atoms with Gasteiger partial charge in [0.2, 0.25) is 0 Å². The predicted octanol–water partition coefficient (Wildman–Crippen LogP) is 2.00. The third-order valence-electron chi connectivity index (χ3n) is 2.84. The van der Waals surface area contributed by atoms with Gasteiger partial charge >= 0.3 is 0 Å². The molecule has 1 aliphatic heterocycles. The molecule has 0 aliphatic carbocycles. The molecular weight excluding hydrogens is 184 g/mol. The molecule has 0 aromatic heterocycles. The summed E-state index contributed by atoms with van der Waals surface area (Å²) in [6.45, 7) is 6.31. The average Bonchev–Trinajstić information content (AvgIpc) is 2.31. The van der Waals surface area contributed by atoms with Crippen molar-refractivity contribution in [3.8, 4) is 0 Å². The lowest BCUT2D eigenvalue weighted by Gasteiger charge is -2.25. The summed E-state index contributed by atoms with van der Waals surface area (Å²) in [7, 11) is 0. The van der Waals surface area contributed by atoms with Gasteiger partial charge in [0.25, 0.3) is 0 Å². The Bertz CT molecular complexity index is 313. The number of piperidine rings is 1. The fourth-order valence-corrected chi connectivity index (χ4v) is 1.94. The zero-order chi connectivity index (χ0) is 10.5. The smallest absolute Gasteiger partial charge is 0.0342 e. The van der Waals surface area contributed by atoms with Crippen LogP contribution in [0.4, 0.5) is 0 Å². The molecule has 1 aromatic rings. The van der Waals surface area contributed by atoms with Gasteiger partial charge in [-0.3, -0.25) is 0 Å². The van der Waals surface area contributed by atoms with Crippen molar-refractivity contribution in [3.63, 3.8) is 0 Å². The Hall–Kier alpha value is -1.28. The van der Waals surface area contributed by atoms with Crippen LogP contribution in [0.5, 0.6) is 0 Å². The van der Waals surface area contributed by atoms with Gasteiger partial charge in [-0.05, 0) is 31.5 Å². The summed E-state index contributed by atoms with van der Waals surface area (Å²) >= 11 is 0. The Balaban J connectivity index is 1.91. The number of benzene rings is 1. The minimum Gasteiger partial charge on any atom is -0.382 e. The molecule has 2 nitrogen and oxygen atoms in total. The molecule has 80 valence electrons. The van der Waals surface area contributed by atoms with Crippen LogP contribution in [0.2, 0.25) is 0 Å². The molecule has 0 spiro atoms. The van der Waals surface area contributed by atoms with Crippen molar-refractivity contribution in [3.05, 3.63) is 42.5 Å². The Morgan fingerprint density at radius 1 is 1.20 bits per heavy atom. The molecule has 2 N–H and O–H groups in total. The van der Waals surface area contributed by atoms with E-state index in [9.17, 15) is 0 Å². The molecule has 2 heteroatoms. The Morgan fingerprint density at radius 2 is 1.87 bits per heavy atom. The first-order valence-electron chi connectivity index (χ1n) is 5.58. The summed E-state index contributed by atoms with van der Waals surface area (Å²) in [6, 6.07) is 10.9. The molecule has 15 heavy (non-hydrogen) atoms. The maximum absolute atomic E-state index is 4.09. The molecule has 0 unspecified atom stereocenters. The van der Waals surface area contributed by atoms with Crippen LogP contribution in [0.3, 0.4) is 0 Å². The monoisotopic (exact) mass is 202 g/mol. The van der Waals surface area contributed by atoms with Gasteiger partial charge in [-0.1, -0.05) is 36.9 Å². The van der Waals surface area contributed by atoms with E-state index in [0.29, 0.717) is 6.04 Å². The highest BCUT2D eigenvalue weighted by Gasteiger charge is 2.12. The highest BCUT2D eigenvalue weighted by Crippen LogP contribution is 2.12. The Labute approximate surface area is 91.4 Å². The van der Waals surface area contributed by atoms with E-state index in [0.717, 1.165) is 18.8 Å². The van der Waals surface area contributed by atoms with Gasteiger partial charge in [-0.2, -0.15) is 0 Å². The van der Waals surface area contributed by atoms with Crippen LogP contribution in [-0.4, -0.2) is 19.1 Å². The van der Waals surface area contributed by atoms with Gasteiger partial charge in [-0.25, -0.2) is 0 Å². The zero-order valence-corrected chi connectivity index (χ0v) is 9.00. The van der Waals surface area contributed by atoms with Crippen LogP contribution < -0.4 is 10.6 Å². The third-order valence-corrected chi connectivity index (χ3v) is 2.84. The minimum atomic E-state index is 0.582. The zero-order valence-electron chi connectivity index (χ0n) is 9.00. The number of hydrogen-bond donors (Lipinski definition) is 2. The second-order valence-corrected chi connectivity index (χ2v) is 4.01. The van der Waals surface area contributed by atoms with Crippen molar-refractivity contribution >= 4 is 5.70 Å². The normalized spacial score (nSPS) is 17.3. The predicted molar refractivity (Wildman–Crippen MR) is 64.5 cm³/mol. The highest BCUT2D eigenvalue weighted by atomic mass is 15.0. The highest BCUT2D eigenvalue weighted by molar-refractivity contribution is 5.61. The second kappa shape index (κ2) is 4.99. The van der Waals surface area contributed by atoms with Crippen molar-refractivity contribution in [2.45, 2.75) is 18.9 Å². The fourth-order valence-electron chi connectivity index (χ4n) is 1.94. The summed E-state index contributed by atoms with van der Waals surface area (Å²) in [5.41, 5.74) is 2.23. The lowest BCUT2D eigenvalue weighted by Crippen LogP contribution is -2.38. The molecular formula is C13H18N2. The third kappa shape index (κ3) is 2.83. The molecule has 0 amide bonds. The molecule has 0 saturated carbocycles. The van der Waals surface area contributed by atoms with E-state index < -0.39 is 0 Å². The van der Waals surface area contributed by atoms with Gasteiger partial charge in [-0.15, -0.1) is 0 Å². The molecule has 0 atom stereocenters. The summed E-state index contributed by atoms with van der Waals surface area (Å²) < 4.78 is 0. The molecule has 1 aromatic carbocycles. The molecule has 1 heterocycles. The van der Waals surface area contributed by atoms with Gasteiger partial charge in [0.15, 0.2) is 0 Å². The van der Waals surface area contributed by atoms with Crippen molar-refractivity contribution in [1.82, 2.24) is 10.6 Å². The van der Waals surface area contributed by atoms with Crippen molar-refractivity contribution in [1.29, 1.82) is 0 Å². The summed E-state index contributed by atoms with van der Waals surface area (Å²) in [5, 5.41) is 6.86. The maximum atomic E-state index is 4.09. The van der Waals surface area contributed by atoms with E-state index in [1.54, 1.807) is 0 Å². The van der Waals surface area contributed by atoms with E-state index >= 15 is 0 Å². The quantitative estimate of drug-likeness (QED) is 0.783. The van der Waals surface area contributed by atoms with Crippen LogP contribution in [0.15, 0.2) is 36.9 Å². The first-order valence-corrected chi connectivity index (χ1v) is 5.58. The van der Waals surface area contributed by atoms with Gasteiger partial charge in [0, 0.05) is 11.7 Å². The van der Waals surface area contributed by atoms with E-state index in [2.05, 4.69) is 29.3 Å². The van der Waals surface area contributed by atoms with E-state index in [1.807, 2.05) is 18.2 Å². The number of rotatable bonds is 3. The molecule has 0 radical (unpaired) electrons. The van der Waals surface area contributed by atoms with Crippen LogP contribution >= 0.6 is 0 Å². The molecule has 1 fully saturated rings. The number of hydrogen-bond acceptors (Lipinski definition) is 2. The van der Waals surface area contributed by atoms with Crippen molar-refractivity contribution < 1.29 is 0 Å². The van der Waals surface area contributed by atoms with Crippen molar-refractivity contribution in [2.75, 3.05) is 13.1 Å². The van der Waals surface area contributed by atoms with Crippen LogP contribution in [-0.2, 0) is 0 Å². The summed E-state index contributed by atoms with van der Waals surface area (Å²) in [6.07, 6.45) is 2.37. The van der Waals surface area contributed by atoms with Crippen LogP contribution in [0.1, 0.15) is 18.4 Å². The molecule has 2 rings (SSSR count). The molecule has 0 bridgehead atoms. The fraction of sp³-hybridized carbons (Fsp3) is 0.385. The topological polar surface area (TPSA) is 24.1 Å². The second-order valence-electron chi connectivity index (χ2n) is 4.01. The minimum absolute atomic E-state index is 0.582. The lowest BCUT2D eigenvalue weighted by molar-refractivity contribution is 0.425. The lowest BCUT2D eigenvalue weighted by atomic mass is 10.1. The van der Waals surface area contributed by atoms with E-state index in [4.69, 9.17) is 0 Å². The van der Waals surface area contributed by atoms with Crippen LogP contribution in [0, 0.1) is 0 Å². The number of nitrogens with one attached hydrogen (secondary N) is 2. The SMILES string of the molecule is C=C(NC1CCNCC1)c1ccccc1. The average molecular weight is 202 g/mol. The summed E-state index contributed by atoms with van der Waals surface area (Å²) in [4.78, 5) is 0. The Morgan fingerprint density at radius 3 is 2.53 bits per heavy atom. The van der Waals surface area contributed by atoms with E-state index in [1.165, 1.54) is 18.4 Å². The molecule has 1 aliphatic rings. The molecule has 1 saturated heterocycles. The maximum Gasteiger partial charge on any atom is 0.0342 e. The van der Waals surface area contributed by atoms with Gasteiger partial charge < -0.3 is 10.6 Å². The standard InChI is InChI=1S/C13H18N2/c1-11(12-5-3-2-4-6-12)15-13-7-9-14-10-8-13/h2-6,13-15H,1,7-10H2. The van der Waals surface area contributed by atoms with Gasteiger partial charge in [0.1, 0.15) is 0 Å². The Kier molecular flexibility index (Phi) is 3.41. The van der Waals surface area contributed by atoms with Gasteiger partial charge in [0.05, 0.1) is 0 Å². The summed E-state index contributed by atoms with van der Waals surface area (Å²) in [5.74, 6) is 0. The van der Waals surface area contributed by atoms with E-state index in [-0.39, 0.29) is 0 Å². The van der Waals surface area contributed by atoms with Crippen molar-refractivity contribution in [2.24, 2.45) is 0 Å². The first kappa shape index (κ1) is 10.2. The first-order chi connectivity index (χ1) is 7.36. The van der Waals surface area contributed by atoms with Crippen LogP contribution in [0.25, 0.3) is 5.70 Å². The largest absolute Gasteiger partial charge is 0.382 e.